The smallest absolute Gasteiger partial charge is 0.274 e. The number of carbonyl (C=O) groups excluding carboxylic acids is 2. The van der Waals surface area contributed by atoms with Gasteiger partial charge in [-0.3, -0.25) is 9.59 Å². The Morgan fingerprint density at radius 2 is 1.70 bits per heavy atom. The van der Waals surface area contributed by atoms with Gasteiger partial charge < -0.3 is 19.9 Å². The number of piperazine rings is 1. The zero-order valence-electron chi connectivity index (χ0n) is 15.6. The van der Waals surface area contributed by atoms with Crippen molar-refractivity contribution in [2.24, 2.45) is 0 Å². The molecule has 2 amide bonds. The number of anilines is 1. The summed E-state index contributed by atoms with van der Waals surface area (Å²) >= 11 is 0. The molecule has 142 valence electrons. The topological polar surface area (TPSA) is 74.8 Å². The van der Waals surface area contributed by atoms with Crippen molar-refractivity contribution in [2.45, 2.75) is 6.92 Å². The highest BCUT2D eigenvalue weighted by molar-refractivity contribution is 6.03. The van der Waals surface area contributed by atoms with E-state index in [4.69, 9.17) is 4.74 Å². The lowest BCUT2D eigenvalue weighted by Gasteiger charge is -2.32. The van der Waals surface area contributed by atoms with Gasteiger partial charge in [-0.15, -0.1) is 0 Å². The third kappa shape index (κ3) is 4.83. The first-order valence-electron chi connectivity index (χ1n) is 9.06. The molecular weight excluding hydrogens is 344 g/mol. The average Bonchev–Trinajstić information content (AvgIpc) is 2.70. The Bertz CT molecular complexity index is 799. The van der Waals surface area contributed by atoms with E-state index in [2.05, 4.69) is 15.2 Å². The first-order chi connectivity index (χ1) is 13.1. The Balaban J connectivity index is 1.67. The van der Waals surface area contributed by atoms with Crippen molar-refractivity contribution in [3.63, 3.8) is 0 Å². The van der Waals surface area contributed by atoms with Gasteiger partial charge in [0, 0.05) is 31.9 Å². The minimum atomic E-state index is -0.354. The van der Waals surface area contributed by atoms with Crippen molar-refractivity contribution in [3.05, 3.63) is 53.9 Å². The zero-order chi connectivity index (χ0) is 19.2. The van der Waals surface area contributed by atoms with Crippen molar-refractivity contribution in [3.8, 4) is 5.75 Å². The number of hydrogen-bond donors (Lipinski definition) is 1. The monoisotopic (exact) mass is 368 g/mol. The van der Waals surface area contributed by atoms with Crippen LogP contribution in [0.2, 0.25) is 0 Å². The molecule has 1 aliphatic heterocycles. The predicted molar refractivity (Wildman–Crippen MR) is 103 cm³/mol. The summed E-state index contributed by atoms with van der Waals surface area (Å²) < 4.78 is 5.39. The maximum Gasteiger partial charge on any atom is 0.274 e. The number of nitrogens with one attached hydrogen (secondary N) is 1. The molecule has 1 fully saturated rings. The highest BCUT2D eigenvalue weighted by Crippen LogP contribution is 2.16. The summed E-state index contributed by atoms with van der Waals surface area (Å²) in [6, 6.07) is 12.0. The van der Waals surface area contributed by atoms with E-state index in [0.29, 0.717) is 31.1 Å². The number of benzene rings is 1. The van der Waals surface area contributed by atoms with Crippen molar-refractivity contribution in [2.75, 3.05) is 45.2 Å². The summed E-state index contributed by atoms with van der Waals surface area (Å²) in [5.74, 6) is 0.249. The van der Waals surface area contributed by atoms with Crippen LogP contribution in [0, 0.1) is 0 Å². The van der Waals surface area contributed by atoms with Crippen LogP contribution in [-0.2, 0) is 0 Å². The number of ether oxygens (including phenoxy) is 1. The van der Waals surface area contributed by atoms with Crippen LogP contribution < -0.4 is 10.1 Å². The average molecular weight is 368 g/mol. The van der Waals surface area contributed by atoms with E-state index in [1.807, 2.05) is 14.0 Å². The van der Waals surface area contributed by atoms with Crippen LogP contribution in [0.15, 0.2) is 42.5 Å². The Morgan fingerprint density at radius 1 is 1.04 bits per heavy atom. The molecule has 0 saturated carbocycles. The summed E-state index contributed by atoms with van der Waals surface area (Å²) in [6.45, 7) is 5.51. The number of nitrogens with zero attached hydrogens (tertiary/aromatic N) is 3. The molecule has 0 aliphatic carbocycles. The van der Waals surface area contributed by atoms with Crippen molar-refractivity contribution >= 4 is 17.5 Å². The summed E-state index contributed by atoms with van der Waals surface area (Å²) in [7, 11) is 2.03. The van der Waals surface area contributed by atoms with E-state index in [1.165, 1.54) is 0 Å². The molecule has 0 spiro atoms. The van der Waals surface area contributed by atoms with Crippen molar-refractivity contribution in [1.29, 1.82) is 0 Å². The van der Waals surface area contributed by atoms with Gasteiger partial charge in [0.15, 0.2) is 0 Å². The van der Waals surface area contributed by atoms with Crippen LogP contribution in [0.3, 0.4) is 0 Å². The first-order valence-corrected chi connectivity index (χ1v) is 9.06. The Labute approximate surface area is 158 Å². The Hall–Kier alpha value is -2.93. The highest BCUT2D eigenvalue weighted by atomic mass is 16.5. The van der Waals surface area contributed by atoms with Crippen LogP contribution in [0.5, 0.6) is 5.75 Å². The maximum absolute atomic E-state index is 12.6. The molecule has 1 N–H and O–H groups in total. The molecule has 2 heterocycles. The van der Waals surface area contributed by atoms with Crippen LogP contribution in [0.25, 0.3) is 0 Å². The first kappa shape index (κ1) is 18.8. The molecule has 1 saturated heterocycles. The number of pyridine rings is 1. The second-order valence-corrected chi connectivity index (χ2v) is 6.42. The third-order valence-electron chi connectivity index (χ3n) is 4.41. The number of likely N-dealkylation sites (N-methyl/N-ethyl adjacent to an activating group) is 1. The Kier molecular flexibility index (Phi) is 6.03. The molecule has 0 atom stereocenters. The number of rotatable bonds is 5. The fraction of sp³-hybridized carbons (Fsp3) is 0.350. The summed E-state index contributed by atoms with van der Waals surface area (Å²) in [5, 5.41) is 2.79. The molecule has 1 aromatic heterocycles. The SMILES string of the molecule is CCOc1ccc(NC(=O)c2cccc(C(=O)N3CCN(C)CC3)n2)cc1. The lowest BCUT2D eigenvalue weighted by molar-refractivity contribution is 0.0658. The van der Waals surface area contributed by atoms with E-state index in [-0.39, 0.29) is 17.5 Å². The van der Waals surface area contributed by atoms with Crippen molar-refractivity contribution < 1.29 is 14.3 Å². The molecule has 0 radical (unpaired) electrons. The van der Waals surface area contributed by atoms with E-state index >= 15 is 0 Å². The standard InChI is InChI=1S/C20H24N4O3/c1-3-27-16-9-7-15(8-10-16)21-19(25)17-5-4-6-18(22-17)20(26)24-13-11-23(2)12-14-24/h4-10H,3,11-14H2,1-2H3,(H,21,25). The molecule has 2 aromatic rings. The molecule has 3 rings (SSSR count). The highest BCUT2D eigenvalue weighted by Gasteiger charge is 2.22. The van der Waals surface area contributed by atoms with E-state index < -0.39 is 0 Å². The summed E-state index contributed by atoms with van der Waals surface area (Å²) in [5.41, 5.74) is 1.14. The lowest BCUT2D eigenvalue weighted by Crippen LogP contribution is -2.47. The van der Waals surface area contributed by atoms with Crippen LogP contribution in [-0.4, -0.2) is 66.4 Å². The second-order valence-electron chi connectivity index (χ2n) is 6.42. The Morgan fingerprint density at radius 3 is 2.37 bits per heavy atom. The molecule has 1 aliphatic rings. The van der Waals surface area contributed by atoms with Crippen LogP contribution in [0.1, 0.15) is 27.9 Å². The van der Waals surface area contributed by atoms with Crippen molar-refractivity contribution in [1.82, 2.24) is 14.8 Å². The van der Waals surface area contributed by atoms with Crippen LogP contribution in [0.4, 0.5) is 5.69 Å². The fourth-order valence-corrected chi connectivity index (χ4v) is 2.85. The van der Waals surface area contributed by atoms with Gasteiger partial charge in [-0.2, -0.15) is 0 Å². The zero-order valence-corrected chi connectivity index (χ0v) is 15.6. The number of carbonyl (C=O) groups is 2. The van der Waals surface area contributed by atoms with Crippen LogP contribution >= 0.6 is 0 Å². The van der Waals surface area contributed by atoms with E-state index in [1.54, 1.807) is 47.4 Å². The molecule has 7 heteroatoms. The number of aromatic nitrogens is 1. The van der Waals surface area contributed by atoms with Gasteiger partial charge in [0.05, 0.1) is 6.61 Å². The molecular formula is C20H24N4O3. The second kappa shape index (κ2) is 8.64. The predicted octanol–water partition coefficient (Wildman–Crippen LogP) is 2.12. The normalized spacial score (nSPS) is 14.7. The molecule has 1 aromatic carbocycles. The van der Waals surface area contributed by atoms with Gasteiger partial charge in [-0.1, -0.05) is 6.07 Å². The molecule has 7 nitrogen and oxygen atoms in total. The van der Waals surface area contributed by atoms with Gasteiger partial charge in [0.25, 0.3) is 11.8 Å². The van der Waals surface area contributed by atoms with Gasteiger partial charge in [-0.05, 0) is 50.4 Å². The van der Waals surface area contributed by atoms with Gasteiger partial charge in [0.1, 0.15) is 17.1 Å². The molecule has 27 heavy (non-hydrogen) atoms. The number of amides is 2. The van der Waals surface area contributed by atoms with E-state index in [9.17, 15) is 9.59 Å². The van der Waals surface area contributed by atoms with Gasteiger partial charge in [-0.25, -0.2) is 4.98 Å². The maximum atomic E-state index is 12.6. The molecule has 0 unspecified atom stereocenters. The lowest BCUT2D eigenvalue weighted by atomic mass is 10.2. The van der Waals surface area contributed by atoms with E-state index in [0.717, 1.165) is 18.8 Å². The molecule has 0 bridgehead atoms. The third-order valence-corrected chi connectivity index (χ3v) is 4.41. The fourth-order valence-electron chi connectivity index (χ4n) is 2.85. The summed E-state index contributed by atoms with van der Waals surface area (Å²) in [6.07, 6.45) is 0. The number of hydrogen-bond acceptors (Lipinski definition) is 5. The van der Waals surface area contributed by atoms with Gasteiger partial charge in [0.2, 0.25) is 0 Å². The minimum absolute atomic E-state index is 0.140. The summed E-state index contributed by atoms with van der Waals surface area (Å²) in [4.78, 5) is 33.3. The quantitative estimate of drug-likeness (QED) is 0.875. The van der Waals surface area contributed by atoms with Gasteiger partial charge >= 0.3 is 0 Å². The minimum Gasteiger partial charge on any atom is -0.494 e. The largest absolute Gasteiger partial charge is 0.494 e.